The molecule has 27 heavy (non-hydrogen) atoms. The molecule has 1 amide bonds. The maximum absolute atomic E-state index is 12.4. The Bertz CT molecular complexity index is 949. The van der Waals surface area contributed by atoms with Gasteiger partial charge >= 0.3 is 0 Å². The summed E-state index contributed by atoms with van der Waals surface area (Å²) in [4.78, 5) is 18.6. The van der Waals surface area contributed by atoms with Crippen molar-refractivity contribution in [3.63, 3.8) is 0 Å². The predicted molar refractivity (Wildman–Crippen MR) is 101 cm³/mol. The Morgan fingerprint density at radius 2 is 1.96 bits per heavy atom. The number of aromatic nitrogens is 2. The number of carbonyl (C=O) groups excluding carboxylic acids is 1. The van der Waals surface area contributed by atoms with Crippen LogP contribution in [0.25, 0.3) is 0 Å². The van der Waals surface area contributed by atoms with E-state index in [0.29, 0.717) is 24.7 Å². The average Bonchev–Trinajstić information content (AvgIpc) is 3.27. The van der Waals surface area contributed by atoms with Gasteiger partial charge in [-0.3, -0.25) is 4.79 Å². The van der Waals surface area contributed by atoms with E-state index in [2.05, 4.69) is 10.1 Å². The Labute approximate surface area is 157 Å². The number of ether oxygens (including phenoxy) is 1. The summed E-state index contributed by atoms with van der Waals surface area (Å²) in [6, 6.07) is 15.7. The molecule has 0 N–H and O–H groups in total. The van der Waals surface area contributed by atoms with Gasteiger partial charge in [0.1, 0.15) is 5.75 Å². The molecule has 4 rings (SSSR count). The second-order valence-electron chi connectivity index (χ2n) is 6.89. The van der Waals surface area contributed by atoms with E-state index in [4.69, 9.17) is 9.26 Å². The number of hydrogen-bond donors (Lipinski definition) is 0. The molecule has 0 aliphatic carbocycles. The van der Waals surface area contributed by atoms with Gasteiger partial charge in [0.05, 0.1) is 0 Å². The lowest BCUT2D eigenvalue weighted by atomic mass is 10.1. The lowest BCUT2D eigenvalue weighted by Gasteiger charge is -2.16. The zero-order valence-electron chi connectivity index (χ0n) is 15.4. The normalized spacial score (nSPS) is 16.7. The fourth-order valence-electron chi connectivity index (χ4n) is 3.20. The van der Waals surface area contributed by atoms with E-state index in [1.54, 1.807) is 4.90 Å². The highest BCUT2D eigenvalue weighted by Crippen LogP contribution is 2.30. The minimum Gasteiger partial charge on any atom is -0.484 e. The molecule has 1 aromatic heterocycles. The van der Waals surface area contributed by atoms with E-state index >= 15 is 0 Å². The van der Waals surface area contributed by atoms with Crippen LogP contribution in [-0.4, -0.2) is 22.6 Å². The number of aryl methyl sites for hydroxylation is 2. The summed E-state index contributed by atoms with van der Waals surface area (Å²) in [5.74, 6) is 1.73. The molecule has 1 aliphatic heterocycles. The maximum Gasteiger partial charge on any atom is 0.264 e. The van der Waals surface area contributed by atoms with Gasteiger partial charge in [-0.15, -0.1) is 0 Å². The van der Waals surface area contributed by atoms with Crippen molar-refractivity contribution >= 4 is 11.6 Å². The molecule has 2 heterocycles. The van der Waals surface area contributed by atoms with Crippen molar-refractivity contribution in [1.82, 2.24) is 10.1 Å². The van der Waals surface area contributed by atoms with Crippen LogP contribution in [0.3, 0.4) is 0 Å². The Hall–Kier alpha value is -3.15. The van der Waals surface area contributed by atoms with Crippen molar-refractivity contribution in [3.05, 3.63) is 71.4 Å². The number of amides is 1. The van der Waals surface area contributed by atoms with E-state index in [1.807, 2.05) is 62.4 Å². The largest absolute Gasteiger partial charge is 0.484 e. The molecule has 1 saturated heterocycles. The fraction of sp³-hybridized carbons (Fsp3) is 0.286. The molecular formula is C21H21N3O3. The Kier molecular flexibility index (Phi) is 4.62. The van der Waals surface area contributed by atoms with Gasteiger partial charge in [0.15, 0.2) is 12.4 Å². The first-order valence-electron chi connectivity index (χ1n) is 8.97. The van der Waals surface area contributed by atoms with Crippen molar-refractivity contribution in [3.8, 4) is 5.75 Å². The average molecular weight is 363 g/mol. The standard InChI is InChI=1S/C21H21N3O3/c1-14-6-8-17(9-7-14)24-12-16(11-20(24)25)21-22-19(27-23-21)13-26-18-5-3-4-15(2)10-18/h3-10,16H,11-13H2,1-2H3/t16-/m1/s1. The SMILES string of the molecule is Cc1ccc(N2C[C@H](c3noc(COc4cccc(C)c4)n3)CC2=O)cc1. The first-order valence-corrected chi connectivity index (χ1v) is 8.97. The van der Waals surface area contributed by atoms with Crippen LogP contribution in [0.15, 0.2) is 53.1 Å². The molecule has 0 bridgehead atoms. The van der Waals surface area contributed by atoms with E-state index in [0.717, 1.165) is 17.0 Å². The van der Waals surface area contributed by atoms with Crippen molar-refractivity contribution < 1.29 is 14.1 Å². The van der Waals surface area contributed by atoms with Crippen LogP contribution >= 0.6 is 0 Å². The smallest absolute Gasteiger partial charge is 0.264 e. The molecular weight excluding hydrogens is 342 g/mol. The van der Waals surface area contributed by atoms with Gasteiger partial charge in [-0.05, 0) is 43.7 Å². The maximum atomic E-state index is 12.4. The molecule has 1 atom stereocenters. The number of anilines is 1. The number of carbonyl (C=O) groups is 1. The molecule has 2 aromatic carbocycles. The minimum absolute atomic E-state index is 0.0738. The molecule has 6 heteroatoms. The third-order valence-electron chi connectivity index (χ3n) is 4.67. The Morgan fingerprint density at radius 1 is 1.15 bits per heavy atom. The highest BCUT2D eigenvalue weighted by Gasteiger charge is 2.34. The summed E-state index contributed by atoms with van der Waals surface area (Å²) in [6.45, 7) is 4.80. The second-order valence-corrected chi connectivity index (χ2v) is 6.89. The van der Waals surface area contributed by atoms with E-state index in [9.17, 15) is 4.79 Å². The van der Waals surface area contributed by atoms with Crippen LogP contribution in [0.1, 0.15) is 35.2 Å². The first-order chi connectivity index (χ1) is 13.1. The van der Waals surface area contributed by atoms with Crippen LogP contribution in [-0.2, 0) is 11.4 Å². The summed E-state index contributed by atoms with van der Waals surface area (Å²) >= 11 is 0. The Balaban J connectivity index is 1.41. The summed E-state index contributed by atoms with van der Waals surface area (Å²) in [5.41, 5.74) is 3.19. The molecule has 0 spiro atoms. The molecule has 0 radical (unpaired) electrons. The third kappa shape index (κ3) is 3.84. The van der Waals surface area contributed by atoms with Crippen LogP contribution in [0.2, 0.25) is 0 Å². The van der Waals surface area contributed by atoms with E-state index < -0.39 is 0 Å². The molecule has 138 valence electrons. The molecule has 0 saturated carbocycles. The first kappa shape index (κ1) is 17.3. The highest BCUT2D eigenvalue weighted by atomic mass is 16.5. The minimum atomic E-state index is -0.0738. The fourth-order valence-corrected chi connectivity index (χ4v) is 3.20. The van der Waals surface area contributed by atoms with E-state index in [-0.39, 0.29) is 18.4 Å². The number of nitrogens with zero attached hydrogens (tertiary/aromatic N) is 3. The Morgan fingerprint density at radius 3 is 2.74 bits per heavy atom. The molecule has 3 aromatic rings. The van der Waals surface area contributed by atoms with Crippen LogP contribution in [0, 0.1) is 13.8 Å². The third-order valence-corrected chi connectivity index (χ3v) is 4.67. The molecule has 1 fully saturated rings. The van der Waals surface area contributed by atoms with Crippen LogP contribution in [0.4, 0.5) is 5.69 Å². The summed E-state index contributed by atoms with van der Waals surface area (Å²) < 4.78 is 11.0. The van der Waals surface area contributed by atoms with Gasteiger partial charge in [-0.25, -0.2) is 0 Å². The molecule has 1 aliphatic rings. The molecule has 0 unspecified atom stereocenters. The van der Waals surface area contributed by atoms with E-state index in [1.165, 1.54) is 5.56 Å². The van der Waals surface area contributed by atoms with Crippen molar-refractivity contribution in [2.24, 2.45) is 0 Å². The summed E-state index contributed by atoms with van der Waals surface area (Å²) in [7, 11) is 0. The topological polar surface area (TPSA) is 68.5 Å². The number of rotatable bonds is 5. The van der Waals surface area contributed by atoms with Crippen molar-refractivity contribution in [2.45, 2.75) is 32.8 Å². The molecule has 6 nitrogen and oxygen atoms in total. The van der Waals surface area contributed by atoms with Gasteiger partial charge in [-0.2, -0.15) is 4.98 Å². The van der Waals surface area contributed by atoms with Gasteiger partial charge in [-0.1, -0.05) is 35.0 Å². The quantitative estimate of drug-likeness (QED) is 0.690. The van der Waals surface area contributed by atoms with Crippen molar-refractivity contribution in [1.29, 1.82) is 0 Å². The van der Waals surface area contributed by atoms with Crippen LogP contribution < -0.4 is 9.64 Å². The lowest BCUT2D eigenvalue weighted by Crippen LogP contribution is -2.24. The van der Waals surface area contributed by atoms with Crippen molar-refractivity contribution in [2.75, 3.05) is 11.4 Å². The zero-order valence-corrected chi connectivity index (χ0v) is 15.4. The second kappa shape index (κ2) is 7.23. The monoisotopic (exact) mass is 363 g/mol. The van der Waals surface area contributed by atoms with Gasteiger partial charge in [0.25, 0.3) is 5.89 Å². The highest BCUT2D eigenvalue weighted by molar-refractivity contribution is 5.96. The van der Waals surface area contributed by atoms with Gasteiger partial charge in [0, 0.05) is 24.6 Å². The summed E-state index contributed by atoms with van der Waals surface area (Å²) in [6.07, 6.45) is 0.381. The number of hydrogen-bond acceptors (Lipinski definition) is 5. The van der Waals surface area contributed by atoms with Gasteiger partial charge in [0.2, 0.25) is 5.91 Å². The van der Waals surface area contributed by atoms with Gasteiger partial charge < -0.3 is 14.2 Å². The predicted octanol–water partition coefficient (Wildman–Crippen LogP) is 3.79. The van der Waals surface area contributed by atoms with Crippen LogP contribution in [0.5, 0.6) is 5.75 Å². The zero-order chi connectivity index (χ0) is 18.8. The number of benzene rings is 2. The lowest BCUT2D eigenvalue weighted by molar-refractivity contribution is -0.117. The summed E-state index contributed by atoms with van der Waals surface area (Å²) in [5, 5.41) is 4.06.